The van der Waals surface area contributed by atoms with Gasteiger partial charge in [-0.1, -0.05) is 26.5 Å². The third-order valence-electron chi connectivity index (χ3n) is 3.48. The topological polar surface area (TPSA) is 52.6 Å². The molecule has 0 aliphatic heterocycles. The molecular weight excluding hydrogens is 282 g/mol. The number of esters is 2. The van der Waals surface area contributed by atoms with Crippen molar-refractivity contribution in [1.82, 2.24) is 0 Å². The number of nitrogens with zero attached hydrogens (tertiary/aromatic N) is 1. The van der Waals surface area contributed by atoms with Crippen molar-refractivity contribution < 1.29 is 23.5 Å². The van der Waals surface area contributed by atoms with Gasteiger partial charge in [0.05, 0.1) is 13.6 Å². The second kappa shape index (κ2) is 10.2. The van der Waals surface area contributed by atoms with Gasteiger partial charge < -0.3 is 14.0 Å². The predicted octanol–water partition coefficient (Wildman–Crippen LogP) is 2.47. The molecule has 0 radical (unpaired) electrons. The summed E-state index contributed by atoms with van der Waals surface area (Å²) in [5.41, 5.74) is 0.802. The largest absolute Gasteiger partial charge is 0.456 e. The van der Waals surface area contributed by atoms with Crippen LogP contribution in [0, 0.1) is 0 Å². The van der Waals surface area contributed by atoms with Crippen LogP contribution in [0.3, 0.4) is 0 Å². The van der Waals surface area contributed by atoms with Crippen molar-refractivity contribution in [2.24, 2.45) is 0 Å². The molecule has 0 atom stereocenters. The van der Waals surface area contributed by atoms with Crippen molar-refractivity contribution in [3.05, 3.63) is 24.3 Å². The molecule has 0 aromatic heterocycles. The van der Waals surface area contributed by atoms with Crippen LogP contribution < -0.4 is 0 Å². The summed E-state index contributed by atoms with van der Waals surface area (Å²) >= 11 is 0. The van der Waals surface area contributed by atoms with E-state index in [-0.39, 0.29) is 11.9 Å². The lowest BCUT2D eigenvalue weighted by Gasteiger charge is -2.34. The molecule has 0 aromatic carbocycles. The average Bonchev–Trinajstić information content (AvgIpc) is 2.44. The Kier molecular flexibility index (Phi) is 9.42. The summed E-state index contributed by atoms with van der Waals surface area (Å²) in [6.07, 6.45) is 2.16. The number of carbonyl (C=O) groups excluding carboxylic acids is 2. The van der Waals surface area contributed by atoms with Gasteiger partial charge in [0.15, 0.2) is 0 Å². The van der Waals surface area contributed by atoms with E-state index in [1.807, 2.05) is 0 Å². The Balaban J connectivity index is 4.38. The van der Waals surface area contributed by atoms with Crippen LogP contribution in [-0.4, -0.2) is 56.3 Å². The molecule has 0 saturated heterocycles. The number of hydrogen-bond donors (Lipinski definition) is 0. The van der Waals surface area contributed by atoms with Crippen molar-refractivity contribution in [2.45, 2.75) is 33.6 Å². The summed E-state index contributed by atoms with van der Waals surface area (Å²) in [5, 5.41) is 0. The molecule has 0 unspecified atom stereocenters. The minimum atomic E-state index is -0.365. The molecule has 0 saturated carbocycles. The lowest BCUT2D eigenvalue weighted by atomic mass is 10.2. The summed E-state index contributed by atoms with van der Waals surface area (Å²) in [6.45, 7) is 15.5. The molecule has 22 heavy (non-hydrogen) atoms. The molecule has 0 N–H and O–H groups in total. The van der Waals surface area contributed by atoms with Gasteiger partial charge in [0, 0.05) is 11.1 Å². The summed E-state index contributed by atoms with van der Waals surface area (Å²) < 4.78 is 11.0. The first-order chi connectivity index (χ1) is 10.2. The fourth-order valence-corrected chi connectivity index (χ4v) is 1.84. The fraction of sp³-hybridized carbons (Fsp3) is 0.647. The molecular formula is C17H30NO4+. The summed E-state index contributed by atoms with van der Waals surface area (Å²) in [4.78, 5) is 22.8. The highest BCUT2D eigenvalue weighted by Gasteiger charge is 2.22. The van der Waals surface area contributed by atoms with Crippen LogP contribution in [0.5, 0.6) is 0 Å². The third kappa shape index (κ3) is 8.62. The number of carbonyl (C=O) groups is 2. The predicted molar refractivity (Wildman–Crippen MR) is 87.2 cm³/mol. The van der Waals surface area contributed by atoms with Gasteiger partial charge in [0.1, 0.15) is 26.3 Å². The summed E-state index contributed by atoms with van der Waals surface area (Å²) in [5.74, 6) is -0.730. The van der Waals surface area contributed by atoms with Crippen molar-refractivity contribution in [2.75, 3.05) is 39.9 Å². The molecule has 5 heteroatoms. The zero-order chi connectivity index (χ0) is 17.2. The van der Waals surface area contributed by atoms with Gasteiger partial charge in [0.2, 0.25) is 0 Å². The fourth-order valence-electron chi connectivity index (χ4n) is 1.84. The zero-order valence-electron chi connectivity index (χ0n) is 14.4. The van der Waals surface area contributed by atoms with Gasteiger partial charge in [-0.2, -0.15) is 0 Å². The molecule has 0 aromatic rings. The van der Waals surface area contributed by atoms with Gasteiger partial charge in [-0.3, -0.25) is 0 Å². The normalized spacial score (nSPS) is 10.9. The zero-order valence-corrected chi connectivity index (χ0v) is 14.4. The molecule has 0 bridgehead atoms. The highest BCUT2D eigenvalue weighted by Crippen LogP contribution is 2.07. The van der Waals surface area contributed by atoms with Gasteiger partial charge in [-0.05, 0) is 20.3 Å². The number of ether oxygens (including phenoxy) is 2. The maximum absolute atomic E-state index is 11.4. The van der Waals surface area contributed by atoms with Gasteiger partial charge in [-0.25, -0.2) is 9.59 Å². The first-order valence-corrected chi connectivity index (χ1v) is 7.70. The van der Waals surface area contributed by atoms with Crippen molar-refractivity contribution >= 4 is 11.9 Å². The number of likely N-dealkylation sites (N-methyl/N-ethyl adjacent to an activating group) is 1. The summed E-state index contributed by atoms with van der Waals surface area (Å²) in [6, 6.07) is 0. The van der Waals surface area contributed by atoms with Crippen LogP contribution in [0.25, 0.3) is 0 Å². The standard InChI is InChI=1S/C17H30NO4/c1-7-8-9-18(6,10-12-21-16(19)14(2)3)11-13-22-17(20)15(4)5/h2,4,7-13H2,1,3,5-6H3/q+1. The van der Waals surface area contributed by atoms with E-state index in [0.717, 1.165) is 19.4 Å². The van der Waals surface area contributed by atoms with E-state index in [0.29, 0.717) is 41.9 Å². The Morgan fingerprint density at radius 1 is 0.909 bits per heavy atom. The van der Waals surface area contributed by atoms with Gasteiger partial charge in [0.25, 0.3) is 0 Å². The van der Waals surface area contributed by atoms with Crippen LogP contribution in [0.15, 0.2) is 24.3 Å². The Morgan fingerprint density at radius 3 is 1.64 bits per heavy atom. The molecule has 0 rings (SSSR count). The van der Waals surface area contributed by atoms with Crippen molar-refractivity contribution in [3.63, 3.8) is 0 Å². The van der Waals surface area contributed by atoms with Gasteiger partial charge in [-0.15, -0.1) is 0 Å². The quantitative estimate of drug-likeness (QED) is 0.334. The van der Waals surface area contributed by atoms with E-state index in [1.54, 1.807) is 13.8 Å². The van der Waals surface area contributed by atoms with Crippen molar-refractivity contribution in [3.8, 4) is 0 Å². The smallest absolute Gasteiger partial charge is 0.333 e. The minimum absolute atomic E-state index is 0.334. The Bertz CT molecular complexity index is 383. The molecule has 0 aliphatic rings. The molecule has 0 spiro atoms. The molecule has 0 aliphatic carbocycles. The Morgan fingerprint density at radius 2 is 1.32 bits per heavy atom. The number of unbranched alkanes of at least 4 members (excludes halogenated alkanes) is 1. The maximum Gasteiger partial charge on any atom is 0.333 e. The van der Waals surface area contributed by atoms with E-state index in [9.17, 15) is 9.59 Å². The Labute approximate surface area is 134 Å². The molecule has 0 heterocycles. The lowest BCUT2D eigenvalue weighted by Crippen LogP contribution is -2.49. The van der Waals surface area contributed by atoms with E-state index >= 15 is 0 Å². The number of quaternary nitrogens is 1. The average molecular weight is 312 g/mol. The molecule has 5 nitrogen and oxygen atoms in total. The third-order valence-corrected chi connectivity index (χ3v) is 3.48. The highest BCUT2D eigenvalue weighted by molar-refractivity contribution is 5.87. The van der Waals surface area contributed by atoms with Crippen LogP contribution in [0.1, 0.15) is 33.6 Å². The monoisotopic (exact) mass is 312 g/mol. The first kappa shape index (κ1) is 20.4. The van der Waals surface area contributed by atoms with Crippen LogP contribution in [-0.2, 0) is 19.1 Å². The lowest BCUT2D eigenvalue weighted by molar-refractivity contribution is -0.910. The highest BCUT2D eigenvalue weighted by atomic mass is 16.5. The summed E-state index contributed by atoms with van der Waals surface area (Å²) in [7, 11) is 2.08. The van der Waals surface area contributed by atoms with E-state index < -0.39 is 0 Å². The van der Waals surface area contributed by atoms with Gasteiger partial charge >= 0.3 is 11.9 Å². The Hall–Kier alpha value is -1.62. The van der Waals surface area contributed by atoms with Crippen LogP contribution in [0.4, 0.5) is 0 Å². The minimum Gasteiger partial charge on any atom is -0.456 e. The maximum atomic E-state index is 11.4. The van der Waals surface area contributed by atoms with E-state index in [1.165, 1.54) is 0 Å². The first-order valence-electron chi connectivity index (χ1n) is 7.70. The second-order valence-electron chi connectivity index (χ2n) is 5.98. The molecule has 0 amide bonds. The van der Waals surface area contributed by atoms with Crippen molar-refractivity contribution in [1.29, 1.82) is 0 Å². The second-order valence-corrected chi connectivity index (χ2v) is 5.98. The number of hydrogen-bond acceptors (Lipinski definition) is 4. The van der Waals surface area contributed by atoms with Crippen LogP contribution >= 0.6 is 0 Å². The van der Waals surface area contributed by atoms with E-state index in [2.05, 4.69) is 27.1 Å². The SMILES string of the molecule is C=C(C)C(=O)OCC[N+](C)(CCCC)CCOC(=O)C(=C)C. The van der Waals surface area contributed by atoms with Crippen LogP contribution in [0.2, 0.25) is 0 Å². The molecule has 126 valence electrons. The molecule has 0 fully saturated rings. The van der Waals surface area contributed by atoms with E-state index in [4.69, 9.17) is 9.47 Å². The number of rotatable bonds is 11.